The number of benzene rings is 1. The molecule has 1 aromatic carbocycles. The summed E-state index contributed by atoms with van der Waals surface area (Å²) in [6.07, 6.45) is 7.33. The average molecular weight is 494 g/mol. The second kappa shape index (κ2) is 9.83. The molecule has 7 nitrogen and oxygen atoms in total. The molecule has 1 aromatic heterocycles. The van der Waals surface area contributed by atoms with Gasteiger partial charge in [0.2, 0.25) is 0 Å². The van der Waals surface area contributed by atoms with Crippen molar-refractivity contribution in [1.82, 2.24) is 15.2 Å². The summed E-state index contributed by atoms with van der Waals surface area (Å²) in [6, 6.07) is 7.84. The molecular formula is C29H39N3O4. The van der Waals surface area contributed by atoms with Crippen molar-refractivity contribution < 1.29 is 19.1 Å². The highest BCUT2D eigenvalue weighted by atomic mass is 16.5. The van der Waals surface area contributed by atoms with E-state index < -0.39 is 0 Å². The standard InChI is InChI=1S/C29H39N3O4/c1-5-36-27(33)26-18(2)25(19(3)30-26)17-32(16-20-6-8-24(35-4)9-7-20)28(34)31-29-13-21-10-22(14-29)12-23(11-21)15-29/h6-9,21-23,30H,5,10-17H2,1-4H3,(H,31,34). The molecule has 4 saturated carbocycles. The lowest BCUT2D eigenvalue weighted by molar-refractivity contribution is -0.0159. The van der Waals surface area contributed by atoms with E-state index in [0.717, 1.165) is 65.1 Å². The van der Waals surface area contributed by atoms with Crippen LogP contribution in [0.25, 0.3) is 0 Å². The van der Waals surface area contributed by atoms with Crippen LogP contribution >= 0.6 is 0 Å². The third-order valence-corrected chi connectivity index (χ3v) is 8.65. The van der Waals surface area contributed by atoms with E-state index in [1.165, 1.54) is 19.3 Å². The number of urea groups is 1. The number of aromatic amines is 1. The van der Waals surface area contributed by atoms with Crippen LogP contribution in [0.3, 0.4) is 0 Å². The molecule has 0 aliphatic heterocycles. The number of nitrogens with zero attached hydrogens (tertiary/aromatic N) is 1. The second-order valence-electron chi connectivity index (χ2n) is 11.3. The summed E-state index contributed by atoms with van der Waals surface area (Å²) in [6.45, 7) is 6.89. The zero-order chi connectivity index (χ0) is 25.4. The summed E-state index contributed by atoms with van der Waals surface area (Å²) in [5.41, 5.74) is 4.13. The van der Waals surface area contributed by atoms with E-state index in [4.69, 9.17) is 9.47 Å². The largest absolute Gasteiger partial charge is 0.497 e. The molecule has 6 rings (SSSR count). The van der Waals surface area contributed by atoms with E-state index in [1.54, 1.807) is 14.0 Å². The summed E-state index contributed by atoms with van der Waals surface area (Å²) in [5.74, 6) is 2.71. The van der Waals surface area contributed by atoms with Gasteiger partial charge < -0.3 is 24.7 Å². The molecule has 0 radical (unpaired) electrons. The second-order valence-corrected chi connectivity index (χ2v) is 11.3. The van der Waals surface area contributed by atoms with Crippen LogP contribution < -0.4 is 10.1 Å². The SMILES string of the molecule is CCOC(=O)c1[nH]c(C)c(CN(Cc2ccc(OC)cc2)C(=O)NC23CC4CC(CC(C4)C2)C3)c1C. The zero-order valence-corrected chi connectivity index (χ0v) is 22.0. The quantitative estimate of drug-likeness (QED) is 0.476. The van der Waals surface area contributed by atoms with E-state index in [2.05, 4.69) is 10.3 Å². The Kier molecular flexibility index (Phi) is 6.75. The summed E-state index contributed by atoms with van der Waals surface area (Å²) in [7, 11) is 1.65. The molecular weight excluding hydrogens is 454 g/mol. The molecule has 194 valence electrons. The molecule has 2 amide bonds. The Morgan fingerprint density at radius 2 is 1.64 bits per heavy atom. The van der Waals surface area contributed by atoms with Crippen LogP contribution in [0.15, 0.2) is 24.3 Å². The number of aromatic nitrogens is 1. The minimum atomic E-state index is -0.357. The molecule has 2 aromatic rings. The zero-order valence-electron chi connectivity index (χ0n) is 22.0. The van der Waals surface area contributed by atoms with Crippen molar-refractivity contribution in [3.8, 4) is 5.75 Å². The Hall–Kier alpha value is -2.96. The lowest BCUT2D eigenvalue weighted by Gasteiger charge is -2.57. The summed E-state index contributed by atoms with van der Waals surface area (Å²) in [5, 5.41) is 3.54. The maximum absolute atomic E-state index is 13.9. The van der Waals surface area contributed by atoms with Crippen LogP contribution in [0.5, 0.6) is 5.75 Å². The number of nitrogens with one attached hydrogen (secondary N) is 2. The third-order valence-electron chi connectivity index (χ3n) is 8.65. The molecule has 1 heterocycles. The highest BCUT2D eigenvalue weighted by Gasteiger charge is 2.51. The Morgan fingerprint density at radius 1 is 1.03 bits per heavy atom. The Morgan fingerprint density at radius 3 is 2.19 bits per heavy atom. The molecule has 0 unspecified atom stereocenters. The number of H-pyrrole nitrogens is 1. The number of carbonyl (C=O) groups is 2. The van der Waals surface area contributed by atoms with Crippen molar-refractivity contribution in [2.24, 2.45) is 17.8 Å². The molecule has 4 fully saturated rings. The van der Waals surface area contributed by atoms with Crippen molar-refractivity contribution in [1.29, 1.82) is 0 Å². The van der Waals surface area contributed by atoms with Gasteiger partial charge in [0.1, 0.15) is 11.4 Å². The van der Waals surface area contributed by atoms with Crippen molar-refractivity contribution in [2.45, 2.75) is 77.9 Å². The number of aryl methyl sites for hydroxylation is 1. The lowest BCUT2D eigenvalue weighted by Crippen LogP contribution is -2.61. The molecule has 36 heavy (non-hydrogen) atoms. The molecule has 4 aliphatic rings. The molecule has 4 aliphatic carbocycles. The molecule has 4 bridgehead atoms. The Balaban J connectivity index is 1.40. The van der Waals surface area contributed by atoms with E-state index in [9.17, 15) is 9.59 Å². The lowest BCUT2D eigenvalue weighted by atomic mass is 9.53. The van der Waals surface area contributed by atoms with Crippen molar-refractivity contribution in [2.75, 3.05) is 13.7 Å². The smallest absolute Gasteiger partial charge is 0.355 e. The highest BCUT2D eigenvalue weighted by molar-refractivity contribution is 5.90. The molecule has 7 heteroatoms. The normalized spacial score (nSPS) is 26.1. The van der Waals surface area contributed by atoms with Crippen molar-refractivity contribution in [3.63, 3.8) is 0 Å². The van der Waals surface area contributed by atoms with Gasteiger partial charge in [-0.05, 0) is 106 Å². The van der Waals surface area contributed by atoms with Gasteiger partial charge >= 0.3 is 12.0 Å². The molecule has 0 saturated heterocycles. The predicted octanol–water partition coefficient (Wildman–Crippen LogP) is 5.50. The van der Waals surface area contributed by atoms with Gasteiger partial charge in [-0.15, -0.1) is 0 Å². The number of rotatable bonds is 8. The number of hydrogen-bond acceptors (Lipinski definition) is 4. The summed E-state index contributed by atoms with van der Waals surface area (Å²) >= 11 is 0. The van der Waals surface area contributed by atoms with Crippen LogP contribution in [0, 0.1) is 31.6 Å². The van der Waals surface area contributed by atoms with Gasteiger partial charge in [0.05, 0.1) is 13.7 Å². The van der Waals surface area contributed by atoms with Crippen LogP contribution in [-0.2, 0) is 17.8 Å². The Bertz CT molecular complexity index is 1090. The summed E-state index contributed by atoms with van der Waals surface area (Å²) in [4.78, 5) is 31.5. The highest BCUT2D eigenvalue weighted by Crippen LogP contribution is 2.55. The first-order valence-electron chi connectivity index (χ1n) is 13.3. The van der Waals surface area contributed by atoms with Crippen LogP contribution in [0.1, 0.15) is 78.3 Å². The number of hydrogen-bond donors (Lipinski definition) is 2. The van der Waals surface area contributed by atoms with Crippen LogP contribution in [0.2, 0.25) is 0 Å². The van der Waals surface area contributed by atoms with Gasteiger partial charge in [0, 0.05) is 24.3 Å². The monoisotopic (exact) mass is 493 g/mol. The van der Waals surface area contributed by atoms with Crippen molar-refractivity contribution in [3.05, 3.63) is 52.3 Å². The fourth-order valence-electron chi connectivity index (χ4n) is 7.34. The minimum Gasteiger partial charge on any atom is -0.497 e. The number of carbonyl (C=O) groups excluding carboxylic acids is 2. The van der Waals surface area contributed by atoms with Gasteiger partial charge in [0.15, 0.2) is 0 Å². The maximum Gasteiger partial charge on any atom is 0.355 e. The fourth-order valence-corrected chi connectivity index (χ4v) is 7.34. The van der Waals surface area contributed by atoms with Crippen LogP contribution in [0.4, 0.5) is 4.79 Å². The van der Waals surface area contributed by atoms with Crippen molar-refractivity contribution >= 4 is 12.0 Å². The van der Waals surface area contributed by atoms with E-state index in [-0.39, 0.29) is 17.5 Å². The number of esters is 1. The number of methoxy groups -OCH3 is 1. The number of amides is 2. The number of ether oxygens (including phenoxy) is 2. The first kappa shape index (κ1) is 24.7. The van der Waals surface area contributed by atoms with Crippen LogP contribution in [-0.4, -0.2) is 41.1 Å². The molecule has 2 N–H and O–H groups in total. The van der Waals surface area contributed by atoms with Gasteiger partial charge in [0.25, 0.3) is 0 Å². The van der Waals surface area contributed by atoms with Gasteiger partial charge in [-0.3, -0.25) is 0 Å². The van der Waals surface area contributed by atoms with Gasteiger partial charge in [-0.2, -0.15) is 0 Å². The van der Waals surface area contributed by atoms with Gasteiger partial charge in [-0.1, -0.05) is 12.1 Å². The average Bonchev–Trinajstić information content (AvgIpc) is 3.11. The van der Waals surface area contributed by atoms with Gasteiger partial charge in [-0.25, -0.2) is 9.59 Å². The first-order valence-corrected chi connectivity index (χ1v) is 13.3. The predicted molar refractivity (Wildman–Crippen MR) is 138 cm³/mol. The Labute approximate surface area is 213 Å². The van der Waals surface area contributed by atoms with E-state index in [1.807, 2.05) is 43.0 Å². The summed E-state index contributed by atoms with van der Waals surface area (Å²) < 4.78 is 10.5. The minimum absolute atomic E-state index is 0.0227. The molecule has 0 atom stereocenters. The maximum atomic E-state index is 13.9. The first-order chi connectivity index (χ1) is 17.3. The molecule has 0 spiro atoms. The topological polar surface area (TPSA) is 83.7 Å². The van der Waals surface area contributed by atoms with E-state index in [0.29, 0.717) is 25.4 Å². The van der Waals surface area contributed by atoms with E-state index >= 15 is 0 Å². The third kappa shape index (κ3) is 4.84. The fraction of sp³-hybridized carbons (Fsp3) is 0.586.